The Morgan fingerprint density at radius 1 is 1.50 bits per heavy atom. The van der Waals surface area contributed by atoms with Crippen molar-refractivity contribution in [1.82, 2.24) is 0 Å². The van der Waals surface area contributed by atoms with Gasteiger partial charge in [0, 0.05) is 12.8 Å². The van der Waals surface area contributed by atoms with Crippen molar-refractivity contribution in [3.8, 4) is 0 Å². The molecule has 1 unspecified atom stereocenters. The Balaban J connectivity index is 3.17. The number of anilines is 1. The van der Waals surface area contributed by atoms with E-state index in [1.807, 2.05) is 0 Å². The fraction of sp³-hybridized carbons (Fsp3) is 0.364. The fourth-order valence-electron chi connectivity index (χ4n) is 1.56. The quantitative estimate of drug-likeness (QED) is 0.530. The second-order valence-corrected chi connectivity index (χ2v) is 5.60. The molecule has 9 heteroatoms. The summed E-state index contributed by atoms with van der Waals surface area (Å²) >= 11 is 0. The van der Waals surface area contributed by atoms with E-state index in [0.717, 1.165) is 6.07 Å². The molecule has 0 bridgehead atoms. The van der Waals surface area contributed by atoms with Crippen molar-refractivity contribution in [2.75, 3.05) is 25.6 Å². The second-order valence-electron chi connectivity index (χ2n) is 4.04. The van der Waals surface area contributed by atoms with Crippen LogP contribution in [0, 0.1) is 0 Å². The number of nitrogens with one attached hydrogen (secondary N) is 1. The molecule has 1 aromatic carbocycles. The van der Waals surface area contributed by atoms with Crippen LogP contribution in [0.25, 0.3) is 0 Å². The maximum atomic E-state index is 11.2. The Kier molecular flexibility index (Phi) is 5.45. The number of hydrogen-bond acceptors (Lipinski definition) is 6. The van der Waals surface area contributed by atoms with Gasteiger partial charge in [0.25, 0.3) is 0 Å². The Bertz CT molecular complexity index is 587. The number of methoxy groups -OCH3 is 1. The highest BCUT2D eigenvalue weighted by Crippen LogP contribution is 2.21. The largest absolute Gasteiger partial charge is 0.478 e. The molecule has 0 radical (unpaired) electrons. The van der Waals surface area contributed by atoms with E-state index in [2.05, 4.69) is 5.32 Å². The van der Waals surface area contributed by atoms with Crippen LogP contribution >= 0.6 is 0 Å². The van der Waals surface area contributed by atoms with Crippen molar-refractivity contribution in [1.29, 1.82) is 0 Å². The van der Waals surface area contributed by atoms with Crippen molar-refractivity contribution >= 4 is 21.7 Å². The van der Waals surface area contributed by atoms with Crippen LogP contribution < -0.4 is 10.5 Å². The summed E-state index contributed by atoms with van der Waals surface area (Å²) in [4.78, 5) is 10.9. The molecular formula is C11H16N2O6S. The third-order valence-electron chi connectivity index (χ3n) is 2.50. The van der Waals surface area contributed by atoms with Gasteiger partial charge in [-0.15, -0.1) is 0 Å². The SMILES string of the molecule is COCC(CO)Nc1ccc(S(N)(=O)=O)cc1C(=O)O. The minimum absolute atomic E-state index is 0.159. The number of carboxylic acid groups (broad SMARTS) is 1. The van der Waals surface area contributed by atoms with Gasteiger partial charge in [0.1, 0.15) is 0 Å². The van der Waals surface area contributed by atoms with Gasteiger partial charge in [0.05, 0.1) is 29.7 Å². The van der Waals surface area contributed by atoms with Gasteiger partial charge in [-0.1, -0.05) is 0 Å². The van der Waals surface area contributed by atoms with Crippen LogP contribution in [-0.4, -0.2) is 51.0 Å². The molecule has 0 heterocycles. The molecule has 0 amide bonds. The summed E-state index contributed by atoms with van der Waals surface area (Å²) in [6.07, 6.45) is 0. The molecule has 0 aliphatic rings. The highest BCUT2D eigenvalue weighted by atomic mass is 32.2. The molecule has 0 aromatic heterocycles. The number of carbonyl (C=O) groups is 1. The van der Waals surface area contributed by atoms with Gasteiger partial charge in [0.2, 0.25) is 10.0 Å². The molecule has 0 aliphatic heterocycles. The standard InChI is InChI=1S/C11H16N2O6S/c1-19-6-7(5-14)13-10-3-2-8(20(12,17)18)4-9(10)11(15)16/h2-4,7,13-14H,5-6H2,1H3,(H,15,16)(H2,12,17,18). The molecule has 1 atom stereocenters. The number of aromatic carboxylic acids is 1. The summed E-state index contributed by atoms with van der Waals surface area (Å²) in [6, 6.07) is 2.91. The summed E-state index contributed by atoms with van der Waals surface area (Å²) < 4.78 is 27.3. The minimum Gasteiger partial charge on any atom is -0.478 e. The van der Waals surface area contributed by atoms with Crippen molar-refractivity contribution < 1.29 is 28.2 Å². The number of primary sulfonamides is 1. The molecule has 0 fully saturated rings. The zero-order valence-corrected chi connectivity index (χ0v) is 11.6. The van der Waals surface area contributed by atoms with Crippen LogP contribution in [0.1, 0.15) is 10.4 Å². The molecule has 1 aromatic rings. The molecule has 112 valence electrons. The van der Waals surface area contributed by atoms with Gasteiger partial charge in [-0.2, -0.15) is 0 Å². The third-order valence-corrected chi connectivity index (χ3v) is 3.41. The highest BCUT2D eigenvalue weighted by molar-refractivity contribution is 7.89. The summed E-state index contributed by atoms with van der Waals surface area (Å²) in [5.41, 5.74) is -0.0907. The Labute approximate surface area is 116 Å². The van der Waals surface area contributed by atoms with Gasteiger partial charge in [0.15, 0.2) is 0 Å². The van der Waals surface area contributed by atoms with Crippen molar-refractivity contribution in [2.45, 2.75) is 10.9 Å². The Morgan fingerprint density at radius 3 is 2.60 bits per heavy atom. The monoisotopic (exact) mass is 304 g/mol. The van der Waals surface area contributed by atoms with Crippen molar-refractivity contribution in [3.05, 3.63) is 23.8 Å². The van der Waals surface area contributed by atoms with E-state index in [-0.39, 0.29) is 29.4 Å². The summed E-state index contributed by atoms with van der Waals surface area (Å²) in [6.45, 7) is -0.115. The molecule has 0 saturated heterocycles. The van der Waals surface area contributed by atoms with E-state index in [4.69, 9.17) is 20.1 Å². The van der Waals surface area contributed by atoms with E-state index in [1.165, 1.54) is 19.2 Å². The maximum Gasteiger partial charge on any atom is 0.337 e. The lowest BCUT2D eigenvalue weighted by Gasteiger charge is -2.18. The van der Waals surface area contributed by atoms with Gasteiger partial charge < -0.3 is 20.3 Å². The lowest BCUT2D eigenvalue weighted by molar-refractivity contribution is 0.0697. The zero-order chi connectivity index (χ0) is 15.3. The maximum absolute atomic E-state index is 11.2. The van der Waals surface area contributed by atoms with Crippen LogP contribution in [0.4, 0.5) is 5.69 Å². The lowest BCUT2D eigenvalue weighted by Crippen LogP contribution is -2.29. The average molecular weight is 304 g/mol. The van der Waals surface area contributed by atoms with E-state index in [9.17, 15) is 13.2 Å². The van der Waals surface area contributed by atoms with Crippen LogP contribution in [0.15, 0.2) is 23.1 Å². The minimum atomic E-state index is -3.99. The number of ether oxygens (including phenoxy) is 1. The predicted molar refractivity (Wildman–Crippen MR) is 71.1 cm³/mol. The van der Waals surface area contributed by atoms with Crippen LogP contribution in [0.3, 0.4) is 0 Å². The van der Waals surface area contributed by atoms with E-state index < -0.39 is 22.0 Å². The lowest BCUT2D eigenvalue weighted by atomic mass is 10.1. The molecule has 1 rings (SSSR count). The normalized spacial score (nSPS) is 12.9. The summed E-state index contributed by atoms with van der Waals surface area (Å²) in [5.74, 6) is -1.31. The number of rotatable bonds is 7. The van der Waals surface area contributed by atoms with Gasteiger partial charge in [-0.25, -0.2) is 18.4 Å². The Hall–Kier alpha value is -1.68. The molecule has 0 spiro atoms. The first kappa shape index (κ1) is 16.4. The summed E-state index contributed by atoms with van der Waals surface area (Å²) in [5, 5.41) is 25.9. The molecule has 0 saturated carbocycles. The van der Waals surface area contributed by atoms with E-state index in [1.54, 1.807) is 0 Å². The van der Waals surface area contributed by atoms with E-state index in [0.29, 0.717) is 0 Å². The highest BCUT2D eigenvalue weighted by Gasteiger charge is 2.18. The number of hydrogen-bond donors (Lipinski definition) is 4. The number of nitrogens with two attached hydrogens (primary N) is 1. The van der Waals surface area contributed by atoms with Crippen LogP contribution in [-0.2, 0) is 14.8 Å². The molecule has 8 nitrogen and oxygen atoms in total. The topological polar surface area (TPSA) is 139 Å². The first-order chi connectivity index (χ1) is 9.29. The smallest absolute Gasteiger partial charge is 0.337 e. The second kappa shape index (κ2) is 6.66. The van der Waals surface area contributed by atoms with Crippen molar-refractivity contribution in [3.63, 3.8) is 0 Å². The van der Waals surface area contributed by atoms with Crippen LogP contribution in [0.5, 0.6) is 0 Å². The fourth-order valence-corrected chi connectivity index (χ4v) is 2.10. The first-order valence-electron chi connectivity index (χ1n) is 5.56. The predicted octanol–water partition coefficient (Wildman–Crippen LogP) is -0.549. The molecule has 5 N–H and O–H groups in total. The molecule has 20 heavy (non-hydrogen) atoms. The number of sulfonamides is 1. The Morgan fingerprint density at radius 2 is 2.15 bits per heavy atom. The average Bonchev–Trinajstić information content (AvgIpc) is 2.36. The van der Waals surface area contributed by atoms with Gasteiger partial charge in [-0.3, -0.25) is 0 Å². The third kappa shape index (κ3) is 4.17. The van der Waals surface area contributed by atoms with Gasteiger partial charge in [-0.05, 0) is 18.2 Å². The number of carboxylic acids is 1. The van der Waals surface area contributed by atoms with Crippen molar-refractivity contribution in [2.24, 2.45) is 5.14 Å². The first-order valence-corrected chi connectivity index (χ1v) is 7.10. The van der Waals surface area contributed by atoms with E-state index >= 15 is 0 Å². The van der Waals surface area contributed by atoms with Gasteiger partial charge >= 0.3 is 5.97 Å². The number of aliphatic hydroxyl groups is 1. The molecule has 0 aliphatic carbocycles. The molecular weight excluding hydrogens is 288 g/mol. The zero-order valence-electron chi connectivity index (χ0n) is 10.7. The number of aliphatic hydroxyl groups excluding tert-OH is 1. The van der Waals surface area contributed by atoms with Crippen LogP contribution in [0.2, 0.25) is 0 Å². The summed E-state index contributed by atoms with van der Waals surface area (Å²) in [7, 11) is -2.55. The number of benzene rings is 1.